The molecule has 1 saturated heterocycles. The van der Waals surface area contributed by atoms with Crippen LogP contribution >= 0.6 is 12.2 Å². The zero-order valence-corrected chi connectivity index (χ0v) is 19.5. The van der Waals surface area contributed by atoms with E-state index < -0.39 is 33.8 Å². The van der Waals surface area contributed by atoms with Crippen LogP contribution in [0.1, 0.15) is 22.3 Å². The zero-order chi connectivity index (χ0) is 24.3. The van der Waals surface area contributed by atoms with Crippen LogP contribution in [-0.4, -0.2) is 56.4 Å². The Balaban J connectivity index is 1.85. The molecule has 0 spiro atoms. The molecule has 2 aromatic rings. The van der Waals surface area contributed by atoms with E-state index in [0.717, 1.165) is 4.90 Å². The van der Waals surface area contributed by atoms with Crippen molar-refractivity contribution in [3.63, 3.8) is 0 Å². The number of anilines is 1. The van der Waals surface area contributed by atoms with Gasteiger partial charge in [-0.05, 0) is 54.2 Å². The van der Waals surface area contributed by atoms with E-state index in [1.165, 1.54) is 43.5 Å². The van der Waals surface area contributed by atoms with Crippen molar-refractivity contribution in [2.45, 2.75) is 23.9 Å². The Morgan fingerprint density at radius 2 is 1.79 bits per heavy atom. The average molecular weight is 491 g/mol. The van der Waals surface area contributed by atoms with Gasteiger partial charge in [-0.3, -0.25) is 9.59 Å². The van der Waals surface area contributed by atoms with Crippen LogP contribution in [0.3, 0.4) is 0 Å². The van der Waals surface area contributed by atoms with E-state index in [1.54, 1.807) is 24.1 Å². The van der Waals surface area contributed by atoms with E-state index in [0.29, 0.717) is 11.3 Å². The fraction of sp³-hybridized carbons (Fsp3) is 0.238. The number of thiocarbonyl (C=S) groups is 1. The number of carbonyl (C=O) groups excluding carboxylic acids is 3. The Bertz CT molecular complexity index is 1200. The van der Waals surface area contributed by atoms with Gasteiger partial charge in [-0.1, -0.05) is 12.1 Å². The number of esters is 1. The average Bonchev–Trinajstić information content (AvgIpc) is 3.09. The number of nitrogens with zero attached hydrogens (tertiary/aromatic N) is 2. The summed E-state index contributed by atoms with van der Waals surface area (Å²) >= 11 is 5.37. The first-order valence-corrected chi connectivity index (χ1v) is 11.7. The number of nitrogens with one attached hydrogen (secondary N) is 1. The molecule has 1 fully saturated rings. The number of primary sulfonamides is 1. The maximum absolute atomic E-state index is 13.2. The van der Waals surface area contributed by atoms with Crippen LogP contribution < -0.4 is 15.4 Å². The molecule has 0 aromatic heterocycles. The summed E-state index contributed by atoms with van der Waals surface area (Å²) in [4.78, 5) is 40.2. The molecule has 0 radical (unpaired) electrons. The smallest absolute Gasteiger partial charge is 0.337 e. The molecule has 1 heterocycles. The lowest BCUT2D eigenvalue weighted by atomic mass is 10.1. The Labute approximate surface area is 196 Å². The molecular weight excluding hydrogens is 468 g/mol. The Morgan fingerprint density at radius 1 is 1.18 bits per heavy atom. The molecule has 10 nitrogen and oxygen atoms in total. The third-order valence-electron chi connectivity index (χ3n) is 5.13. The fourth-order valence-electron chi connectivity index (χ4n) is 3.44. The number of carbonyl (C=O) groups is 3. The molecule has 2 aromatic carbocycles. The molecule has 0 unspecified atom stereocenters. The van der Waals surface area contributed by atoms with E-state index in [2.05, 4.69) is 10.1 Å². The van der Waals surface area contributed by atoms with Gasteiger partial charge in [0.05, 0.1) is 29.7 Å². The second kappa shape index (κ2) is 9.65. The van der Waals surface area contributed by atoms with Gasteiger partial charge in [0.1, 0.15) is 6.04 Å². The summed E-state index contributed by atoms with van der Waals surface area (Å²) in [5.74, 6) is -1.41. The molecule has 3 N–H and O–H groups in total. The first-order chi connectivity index (χ1) is 15.6. The third-order valence-corrected chi connectivity index (χ3v) is 6.49. The molecule has 1 aliphatic heterocycles. The van der Waals surface area contributed by atoms with Crippen molar-refractivity contribution < 1.29 is 27.5 Å². The third kappa shape index (κ3) is 5.18. The SMILES string of the molecule is CNC(=S)N(Cc1ccc(S(N)(=O)=O)cc1)[C@H]1CC(=O)N(c2ccc(C(=O)OC)cc2)C1=O. The highest BCUT2D eigenvalue weighted by atomic mass is 32.2. The molecule has 1 aliphatic rings. The number of hydrogen-bond donors (Lipinski definition) is 2. The van der Waals surface area contributed by atoms with Gasteiger partial charge in [0.25, 0.3) is 5.91 Å². The van der Waals surface area contributed by atoms with Crippen LogP contribution in [0.2, 0.25) is 0 Å². The summed E-state index contributed by atoms with van der Waals surface area (Å²) < 4.78 is 27.6. The van der Waals surface area contributed by atoms with Gasteiger partial charge in [0, 0.05) is 13.6 Å². The number of methoxy groups -OCH3 is 1. The number of rotatable bonds is 6. The van der Waals surface area contributed by atoms with Crippen molar-refractivity contribution in [3.8, 4) is 0 Å². The fourth-order valence-corrected chi connectivity index (χ4v) is 4.15. The number of benzene rings is 2. The minimum atomic E-state index is -3.84. The molecule has 2 amide bonds. The quantitative estimate of drug-likeness (QED) is 0.341. The molecule has 3 rings (SSSR count). The highest BCUT2D eigenvalue weighted by Gasteiger charge is 2.43. The van der Waals surface area contributed by atoms with E-state index >= 15 is 0 Å². The van der Waals surface area contributed by atoms with E-state index in [9.17, 15) is 22.8 Å². The summed E-state index contributed by atoms with van der Waals surface area (Å²) in [6.07, 6.45) is -0.103. The van der Waals surface area contributed by atoms with Gasteiger partial charge in [-0.25, -0.2) is 23.3 Å². The van der Waals surface area contributed by atoms with Crippen LogP contribution in [0.25, 0.3) is 0 Å². The summed E-state index contributed by atoms with van der Waals surface area (Å²) in [5, 5.41) is 8.20. The van der Waals surface area contributed by atoms with Crippen molar-refractivity contribution in [1.82, 2.24) is 10.2 Å². The number of ether oxygens (including phenoxy) is 1. The first-order valence-electron chi connectivity index (χ1n) is 9.72. The molecule has 1 atom stereocenters. The normalized spacial score (nSPS) is 16.0. The van der Waals surface area contributed by atoms with Gasteiger partial charge in [-0.2, -0.15) is 0 Å². The van der Waals surface area contributed by atoms with Crippen molar-refractivity contribution in [2.24, 2.45) is 5.14 Å². The largest absolute Gasteiger partial charge is 0.465 e. The van der Waals surface area contributed by atoms with Crippen LogP contribution in [0.5, 0.6) is 0 Å². The minimum absolute atomic E-state index is 0.0392. The molecule has 12 heteroatoms. The highest BCUT2D eigenvalue weighted by Crippen LogP contribution is 2.27. The van der Waals surface area contributed by atoms with Gasteiger partial charge < -0.3 is 15.0 Å². The van der Waals surface area contributed by atoms with Gasteiger partial charge in [0.2, 0.25) is 15.9 Å². The predicted molar refractivity (Wildman–Crippen MR) is 124 cm³/mol. The molecule has 174 valence electrons. The molecule has 0 bridgehead atoms. The van der Waals surface area contributed by atoms with Gasteiger partial charge in [-0.15, -0.1) is 0 Å². The maximum atomic E-state index is 13.2. The number of amides is 2. The molecular formula is C21H22N4O6S2. The minimum Gasteiger partial charge on any atom is -0.465 e. The van der Waals surface area contributed by atoms with Crippen LogP contribution in [-0.2, 0) is 30.9 Å². The van der Waals surface area contributed by atoms with Gasteiger partial charge in [0.15, 0.2) is 5.11 Å². The second-order valence-electron chi connectivity index (χ2n) is 7.20. The lowest BCUT2D eigenvalue weighted by molar-refractivity contribution is -0.122. The van der Waals surface area contributed by atoms with Crippen LogP contribution in [0, 0.1) is 0 Å². The number of nitrogens with two attached hydrogens (primary N) is 1. The van der Waals surface area contributed by atoms with Crippen LogP contribution in [0.4, 0.5) is 5.69 Å². The monoisotopic (exact) mass is 490 g/mol. The summed E-state index contributed by atoms with van der Waals surface area (Å²) in [6.45, 7) is 0.156. The standard InChI is InChI=1S/C21H22N4O6S2/c1-23-21(32)24(12-13-3-9-16(10-4-13)33(22,29)30)17-11-18(26)25(19(17)27)15-7-5-14(6-8-15)20(28)31-2/h3-10,17H,11-12H2,1-2H3,(H,23,32)(H2,22,29,30)/t17-/m0/s1. The molecule has 33 heavy (non-hydrogen) atoms. The van der Waals surface area contributed by atoms with E-state index in [4.69, 9.17) is 17.4 Å². The van der Waals surface area contributed by atoms with Crippen molar-refractivity contribution in [1.29, 1.82) is 0 Å². The van der Waals surface area contributed by atoms with Crippen molar-refractivity contribution in [2.75, 3.05) is 19.1 Å². The van der Waals surface area contributed by atoms with Crippen LogP contribution in [0.15, 0.2) is 53.4 Å². The predicted octanol–water partition coefficient (Wildman–Crippen LogP) is 0.759. The Morgan fingerprint density at radius 3 is 2.30 bits per heavy atom. The molecule has 0 aliphatic carbocycles. The summed E-state index contributed by atoms with van der Waals surface area (Å²) in [7, 11) is -0.974. The lowest BCUT2D eigenvalue weighted by Gasteiger charge is -2.29. The first kappa shape index (κ1) is 24.3. The topological polar surface area (TPSA) is 139 Å². The van der Waals surface area contributed by atoms with E-state index in [-0.39, 0.29) is 28.5 Å². The summed E-state index contributed by atoms with van der Waals surface area (Å²) in [6, 6.07) is 10.9. The van der Waals surface area contributed by atoms with Gasteiger partial charge >= 0.3 is 5.97 Å². The summed E-state index contributed by atoms with van der Waals surface area (Å²) in [5.41, 5.74) is 1.28. The number of sulfonamides is 1. The van der Waals surface area contributed by atoms with E-state index in [1.807, 2.05) is 0 Å². The highest BCUT2D eigenvalue weighted by molar-refractivity contribution is 7.89. The molecule has 0 saturated carbocycles. The van der Waals surface area contributed by atoms with Crippen molar-refractivity contribution in [3.05, 3.63) is 59.7 Å². The lowest BCUT2D eigenvalue weighted by Crippen LogP contribution is -2.48. The Hall–Kier alpha value is -3.35. The second-order valence-corrected chi connectivity index (χ2v) is 9.15. The zero-order valence-electron chi connectivity index (χ0n) is 17.8. The number of imide groups is 1. The Kier molecular flexibility index (Phi) is 7.10. The van der Waals surface area contributed by atoms with Crippen molar-refractivity contribution >= 4 is 50.8 Å². The maximum Gasteiger partial charge on any atom is 0.337 e. The number of hydrogen-bond acceptors (Lipinski definition) is 7.